The van der Waals surface area contributed by atoms with Crippen molar-refractivity contribution in [3.05, 3.63) is 0 Å². The standard InChI is InChI=1S/C11H21NO4.C5H10O2/c1-7(2)6-8(9(13)14)12-10(15)16-11(3,4)5;1-3-4(2)5(6)7/h7-8H,6H2,1-5H3,(H,12,15)(H,13,14);4H,3H2,1-2H3,(H,6,7). The Kier molecular flexibility index (Phi) is 11.1. The Morgan fingerprint density at radius 1 is 1.04 bits per heavy atom. The molecule has 0 aliphatic rings. The predicted molar refractivity (Wildman–Crippen MR) is 87.3 cm³/mol. The summed E-state index contributed by atoms with van der Waals surface area (Å²) < 4.78 is 4.99. The Morgan fingerprint density at radius 3 is 1.74 bits per heavy atom. The van der Waals surface area contributed by atoms with Gasteiger partial charge in [0, 0.05) is 0 Å². The lowest BCUT2D eigenvalue weighted by atomic mass is 10.0. The van der Waals surface area contributed by atoms with E-state index in [0.29, 0.717) is 6.42 Å². The number of amides is 1. The van der Waals surface area contributed by atoms with E-state index in [1.54, 1.807) is 27.7 Å². The van der Waals surface area contributed by atoms with Gasteiger partial charge < -0.3 is 20.3 Å². The average Bonchev–Trinajstić information content (AvgIpc) is 2.34. The first-order chi connectivity index (χ1) is 10.3. The van der Waals surface area contributed by atoms with Crippen LogP contribution in [0.1, 0.15) is 61.3 Å². The van der Waals surface area contributed by atoms with Crippen molar-refractivity contribution in [1.82, 2.24) is 5.32 Å². The summed E-state index contributed by atoms with van der Waals surface area (Å²) >= 11 is 0. The van der Waals surface area contributed by atoms with E-state index < -0.39 is 29.7 Å². The molecule has 0 aromatic rings. The molecule has 2 unspecified atom stereocenters. The Balaban J connectivity index is 0. The second kappa shape index (κ2) is 10.9. The number of hydrogen-bond donors (Lipinski definition) is 3. The van der Waals surface area contributed by atoms with E-state index in [0.717, 1.165) is 6.42 Å². The van der Waals surface area contributed by atoms with Gasteiger partial charge in [0.15, 0.2) is 0 Å². The molecule has 1 amide bonds. The van der Waals surface area contributed by atoms with Gasteiger partial charge in [-0.2, -0.15) is 0 Å². The molecule has 0 aliphatic carbocycles. The second-order valence-electron chi connectivity index (χ2n) is 6.81. The van der Waals surface area contributed by atoms with Crippen molar-refractivity contribution in [3.63, 3.8) is 0 Å². The zero-order valence-electron chi connectivity index (χ0n) is 15.2. The number of carboxylic acids is 2. The summed E-state index contributed by atoms with van der Waals surface area (Å²) in [5.74, 6) is -1.74. The van der Waals surface area contributed by atoms with Crippen LogP contribution in [0.2, 0.25) is 0 Å². The number of alkyl carbamates (subject to hydrolysis) is 1. The summed E-state index contributed by atoms with van der Waals surface area (Å²) in [5.41, 5.74) is -0.620. The average molecular weight is 333 g/mol. The highest BCUT2D eigenvalue weighted by atomic mass is 16.6. The quantitative estimate of drug-likeness (QED) is 0.688. The van der Waals surface area contributed by atoms with Crippen molar-refractivity contribution >= 4 is 18.0 Å². The molecule has 0 saturated heterocycles. The number of carbonyl (C=O) groups is 3. The number of carbonyl (C=O) groups excluding carboxylic acids is 1. The van der Waals surface area contributed by atoms with Crippen molar-refractivity contribution in [2.75, 3.05) is 0 Å². The minimum atomic E-state index is -1.04. The van der Waals surface area contributed by atoms with Crippen molar-refractivity contribution in [3.8, 4) is 0 Å². The maximum Gasteiger partial charge on any atom is 0.408 e. The van der Waals surface area contributed by atoms with Crippen LogP contribution >= 0.6 is 0 Å². The van der Waals surface area contributed by atoms with Crippen LogP contribution in [0.4, 0.5) is 4.79 Å². The molecule has 136 valence electrons. The fourth-order valence-corrected chi connectivity index (χ4v) is 1.32. The fraction of sp³-hybridized carbons (Fsp3) is 0.812. The summed E-state index contributed by atoms with van der Waals surface area (Å²) in [7, 11) is 0. The molecule has 0 bridgehead atoms. The Morgan fingerprint density at radius 2 is 1.52 bits per heavy atom. The van der Waals surface area contributed by atoms with Crippen molar-refractivity contribution in [1.29, 1.82) is 0 Å². The van der Waals surface area contributed by atoms with Gasteiger partial charge >= 0.3 is 18.0 Å². The van der Waals surface area contributed by atoms with Crippen LogP contribution in [0, 0.1) is 11.8 Å². The zero-order valence-corrected chi connectivity index (χ0v) is 15.2. The first kappa shape index (κ1) is 23.5. The Hall–Kier alpha value is -1.79. The normalized spacial score (nSPS) is 13.4. The molecule has 0 spiro atoms. The Bertz CT molecular complexity index is 387. The van der Waals surface area contributed by atoms with E-state index in [4.69, 9.17) is 14.9 Å². The lowest BCUT2D eigenvalue weighted by Crippen LogP contribution is -2.44. The number of hydrogen-bond acceptors (Lipinski definition) is 4. The molecule has 2 atom stereocenters. The lowest BCUT2D eigenvalue weighted by molar-refractivity contribution is -0.141. The smallest absolute Gasteiger partial charge is 0.408 e. The minimum Gasteiger partial charge on any atom is -0.481 e. The molecule has 3 N–H and O–H groups in total. The molecule has 0 radical (unpaired) electrons. The molecule has 0 aromatic carbocycles. The fourth-order valence-electron chi connectivity index (χ4n) is 1.32. The van der Waals surface area contributed by atoms with Gasteiger partial charge in [0.05, 0.1) is 5.92 Å². The maximum absolute atomic E-state index is 11.4. The van der Waals surface area contributed by atoms with Crippen LogP contribution < -0.4 is 5.32 Å². The maximum atomic E-state index is 11.4. The van der Waals surface area contributed by atoms with E-state index in [1.165, 1.54) is 0 Å². The van der Waals surface area contributed by atoms with Crippen LogP contribution in [-0.2, 0) is 14.3 Å². The molecule has 0 fully saturated rings. The minimum absolute atomic E-state index is 0.181. The highest BCUT2D eigenvalue weighted by Gasteiger charge is 2.24. The van der Waals surface area contributed by atoms with E-state index in [2.05, 4.69) is 5.32 Å². The van der Waals surface area contributed by atoms with E-state index in [9.17, 15) is 14.4 Å². The van der Waals surface area contributed by atoms with Gasteiger partial charge in [-0.3, -0.25) is 4.79 Å². The number of carboxylic acid groups (broad SMARTS) is 2. The molecule has 0 rings (SSSR count). The molecule has 0 saturated carbocycles. The first-order valence-corrected chi connectivity index (χ1v) is 7.75. The summed E-state index contributed by atoms with van der Waals surface area (Å²) in [4.78, 5) is 32.2. The van der Waals surface area contributed by atoms with Gasteiger partial charge in [-0.15, -0.1) is 0 Å². The largest absolute Gasteiger partial charge is 0.481 e. The molecule has 7 heteroatoms. The molecule has 7 nitrogen and oxygen atoms in total. The second-order valence-corrected chi connectivity index (χ2v) is 6.81. The van der Waals surface area contributed by atoms with Gasteiger partial charge in [0.1, 0.15) is 11.6 Å². The third-order valence-corrected chi connectivity index (χ3v) is 2.73. The van der Waals surface area contributed by atoms with Gasteiger partial charge in [-0.05, 0) is 39.5 Å². The molecule has 0 aromatic heterocycles. The monoisotopic (exact) mass is 333 g/mol. The van der Waals surface area contributed by atoms with Gasteiger partial charge in [-0.1, -0.05) is 27.7 Å². The molecule has 0 aliphatic heterocycles. The third kappa shape index (κ3) is 14.9. The molecular weight excluding hydrogens is 302 g/mol. The van der Waals surface area contributed by atoms with Crippen LogP contribution in [0.15, 0.2) is 0 Å². The van der Waals surface area contributed by atoms with E-state index in [1.807, 2.05) is 20.8 Å². The zero-order chi connectivity index (χ0) is 18.8. The number of nitrogens with one attached hydrogen (secondary N) is 1. The summed E-state index contributed by atoms with van der Waals surface area (Å²) in [6.07, 6.45) is 0.407. The van der Waals surface area contributed by atoms with Gasteiger partial charge in [0.2, 0.25) is 0 Å². The molecule has 23 heavy (non-hydrogen) atoms. The number of ether oxygens (including phenoxy) is 1. The lowest BCUT2D eigenvalue weighted by Gasteiger charge is -2.22. The first-order valence-electron chi connectivity index (χ1n) is 7.75. The van der Waals surface area contributed by atoms with Crippen LogP contribution in [-0.4, -0.2) is 39.9 Å². The third-order valence-electron chi connectivity index (χ3n) is 2.73. The number of rotatable bonds is 6. The van der Waals surface area contributed by atoms with Crippen molar-refractivity contribution in [2.24, 2.45) is 11.8 Å². The summed E-state index contributed by atoms with van der Waals surface area (Å²) in [6, 6.07) is -0.894. The highest BCUT2D eigenvalue weighted by Crippen LogP contribution is 2.09. The predicted octanol–water partition coefficient (Wildman–Crippen LogP) is 3.13. The topological polar surface area (TPSA) is 113 Å². The Labute approximate surface area is 138 Å². The van der Waals surface area contributed by atoms with E-state index >= 15 is 0 Å². The summed E-state index contributed by atoms with van der Waals surface area (Å²) in [6.45, 7) is 12.5. The van der Waals surface area contributed by atoms with Crippen molar-refractivity contribution in [2.45, 2.75) is 73.0 Å². The summed E-state index contributed by atoms with van der Waals surface area (Å²) in [5, 5.41) is 19.4. The molecule has 0 heterocycles. The van der Waals surface area contributed by atoms with Crippen LogP contribution in [0.5, 0.6) is 0 Å². The SMILES string of the molecule is CC(C)CC(NC(=O)OC(C)(C)C)C(=O)O.CCC(C)C(=O)O. The van der Waals surface area contributed by atoms with Gasteiger partial charge in [-0.25, -0.2) is 9.59 Å². The highest BCUT2D eigenvalue weighted by molar-refractivity contribution is 5.79. The van der Waals surface area contributed by atoms with E-state index in [-0.39, 0.29) is 11.8 Å². The number of aliphatic carboxylic acids is 2. The van der Waals surface area contributed by atoms with Crippen LogP contribution in [0.3, 0.4) is 0 Å². The van der Waals surface area contributed by atoms with Gasteiger partial charge in [0.25, 0.3) is 0 Å². The van der Waals surface area contributed by atoms with Crippen LogP contribution in [0.25, 0.3) is 0 Å². The van der Waals surface area contributed by atoms with Crippen molar-refractivity contribution < 1.29 is 29.3 Å². The molecular formula is C16H31NO6.